The average molecular weight is 366 g/mol. The molecule has 0 radical (unpaired) electrons. The summed E-state index contributed by atoms with van der Waals surface area (Å²) in [5, 5.41) is 12.1. The monoisotopic (exact) mass is 365 g/mol. The Morgan fingerprint density at radius 3 is 2.57 bits per heavy atom. The van der Waals surface area contributed by atoms with Crippen LogP contribution >= 0.6 is 15.9 Å². The van der Waals surface area contributed by atoms with Crippen LogP contribution in [0.15, 0.2) is 45.8 Å². The van der Waals surface area contributed by atoms with Crippen LogP contribution in [0.2, 0.25) is 0 Å². The second kappa shape index (κ2) is 5.76. The van der Waals surface area contributed by atoms with Crippen molar-refractivity contribution in [3.05, 3.63) is 46.4 Å². The first-order valence-electron chi connectivity index (χ1n) is 5.88. The maximum absolute atomic E-state index is 11.7. The first-order chi connectivity index (χ1) is 9.82. The Morgan fingerprint density at radius 2 is 1.95 bits per heavy atom. The molecule has 108 valence electrons. The normalized spacial score (nSPS) is 10.9. The molecule has 0 unspecified atom stereocenters. The highest BCUT2D eigenvalue weighted by molar-refractivity contribution is 9.10. The van der Waals surface area contributed by atoms with Gasteiger partial charge in [0.1, 0.15) is 6.07 Å². The van der Waals surface area contributed by atoms with Crippen molar-refractivity contribution in [1.29, 1.82) is 5.26 Å². The third kappa shape index (κ3) is 3.35. The minimum absolute atomic E-state index is 0.0565. The van der Waals surface area contributed by atoms with Crippen molar-refractivity contribution in [2.24, 2.45) is 0 Å². The van der Waals surface area contributed by atoms with Crippen LogP contribution in [0.1, 0.15) is 5.56 Å². The number of nitriles is 1. The van der Waals surface area contributed by atoms with E-state index < -0.39 is 9.84 Å². The molecule has 0 fully saturated rings. The van der Waals surface area contributed by atoms with E-state index in [1.165, 1.54) is 6.07 Å². The van der Waals surface area contributed by atoms with Gasteiger partial charge in [-0.3, -0.25) is 0 Å². The molecule has 0 aliphatic carbocycles. The van der Waals surface area contributed by atoms with Gasteiger partial charge in [0, 0.05) is 10.7 Å². The molecule has 0 amide bonds. The van der Waals surface area contributed by atoms with Crippen LogP contribution in [0.25, 0.3) is 0 Å². The number of benzene rings is 2. The second-order valence-corrected chi connectivity index (χ2v) is 7.32. The minimum atomic E-state index is -3.41. The predicted octanol–water partition coefficient (Wildman–Crippen LogP) is 3.05. The van der Waals surface area contributed by atoms with Gasteiger partial charge in [-0.25, -0.2) is 8.42 Å². The standard InChI is InChI=1S/C14H12BrN3O2S/c1-21(19,20)13-4-2-3-11(14(13)17)18-12-7-10(15)6-5-9(12)8-16/h2-7,18H,17H2,1H3. The minimum Gasteiger partial charge on any atom is -0.396 e. The highest BCUT2D eigenvalue weighted by Gasteiger charge is 2.15. The Bertz CT molecular complexity index is 842. The molecular formula is C14H12BrN3O2S. The topological polar surface area (TPSA) is 96.0 Å². The fourth-order valence-corrected chi connectivity index (χ4v) is 3.04. The summed E-state index contributed by atoms with van der Waals surface area (Å²) in [6.07, 6.45) is 1.10. The number of hydrogen-bond acceptors (Lipinski definition) is 5. The van der Waals surface area contributed by atoms with Crippen LogP contribution < -0.4 is 11.1 Å². The lowest BCUT2D eigenvalue weighted by molar-refractivity contribution is 0.602. The van der Waals surface area contributed by atoms with Gasteiger partial charge in [-0.1, -0.05) is 22.0 Å². The van der Waals surface area contributed by atoms with Gasteiger partial charge < -0.3 is 11.1 Å². The Kier molecular flexibility index (Phi) is 4.21. The van der Waals surface area contributed by atoms with Crippen LogP contribution in [-0.4, -0.2) is 14.7 Å². The SMILES string of the molecule is CS(=O)(=O)c1cccc(Nc2cc(Br)ccc2C#N)c1N. The third-order valence-corrected chi connectivity index (χ3v) is 4.49. The van der Waals surface area contributed by atoms with Gasteiger partial charge in [0.15, 0.2) is 9.84 Å². The number of halogens is 1. The smallest absolute Gasteiger partial charge is 0.177 e. The molecule has 0 heterocycles. The Morgan fingerprint density at radius 1 is 1.24 bits per heavy atom. The number of hydrogen-bond donors (Lipinski definition) is 2. The molecule has 3 N–H and O–H groups in total. The zero-order valence-corrected chi connectivity index (χ0v) is 13.5. The zero-order chi connectivity index (χ0) is 15.6. The van der Waals surface area contributed by atoms with E-state index in [2.05, 4.69) is 27.3 Å². The number of nitrogen functional groups attached to an aromatic ring is 1. The van der Waals surface area contributed by atoms with Gasteiger partial charge in [-0.15, -0.1) is 0 Å². The fourth-order valence-electron chi connectivity index (χ4n) is 1.84. The molecule has 0 saturated heterocycles. The molecule has 2 aromatic carbocycles. The Hall–Kier alpha value is -2.04. The summed E-state index contributed by atoms with van der Waals surface area (Å²) in [5.74, 6) is 0. The second-order valence-electron chi connectivity index (χ2n) is 4.42. The van der Waals surface area contributed by atoms with E-state index in [1.807, 2.05) is 0 Å². The number of sulfone groups is 1. The molecule has 0 bridgehead atoms. The molecule has 21 heavy (non-hydrogen) atoms. The lowest BCUT2D eigenvalue weighted by Gasteiger charge is -2.13. The van der Waals surface area contributed by atoms with Crippen molar-refractivity contribution in [1.82, 2.24) is 0 Å². The molecule has 2 aromatic rings. The van der Waals surface area contributed by atoms with E-state index in [9.17, 15) is 8.42 Å². The van der Waals surface area contributed by atoms with Crippen molar-refractivity contribution in [2.45, 2.75) is 4.90 Å². The van der Waals surface area contributed by atoms with E-state index in [0.717, 1.165) is 10.7 Å². The van der Waals surface area contributed by atoms with Crippen LogP contribution in [-0.2, 0) is 9.84 Å². The van der Waals surface area contributed by atoms with E-state index in [1.54, 1.807) is 30.3 Å². The summed E-state index contributed by atoms with van der Waals surface area (Å²) in [7, 11) is -3.41. The van der Waals surface area contributed by atoms with Crippen LogP contribution in [0.3, 0.4) is 0 Å². The van der Waals surface area contributed by atoms with Gasteiger partial charge in [0.2, 0.25) is 0 Å². The van der Waals surface area contributed by atoms with Crippen LogP contribution in [0.5, 0.6) is 0 Å². The van der Waals surface area contributed by atoms with Crippen molar-refractivity contribution >= 4 is 42.8 Å². The zero-order valence-electron chi connectivity index (χ0n) is 11.1. The van der Waals surface area contributed by atoms with E-state index in [4.69, 9.17) is 11.0 Å². The van der Waals surface area contributed by atoms with Crippen LogP contribution in [0.4, 0.5) is 17.1 Å². The molecule has 0 aliphatic rings. The van der Waals surface area contributed by atoms with Gasteiger partial charge in [-0.2, -0.15) is 5.26 Å². The molecule has 0 aromatic heterocycles. The van der Waals surface area contributed by atoms with Crippen molar-refractivity contribution in [3.63, 3.8) is 0 Å². The highest BCUT2D eigenvalue weighted by atomic mass is 79.9. The van der Waals surface area contributed by atoms with Gasteiger partial charge in [0.25, 0.3) is 0 Å². The predicted molar refractivity (Wildman–Crippen MR) is 86.1 cm³/mol. The summed E-state index contributed by atoms with van der Waals surface area (Å²) in [5.41, 5.74) is 7.46. The van der Waals surface area contributed by atoms with E-state index in [0.29, 0.717) is 16.9 Å². The number of para-hydroxylation sites is 1. The largest absolute Gasteiger partial charge is 0.396 e. The molecular weight excluding hydrogens is 354 g/mol. The molecule has 0 saturated carbocycles. The number of nitrogens with one attached hydrogen (secondary N) is 1. The summed E-state index contributed by atoms with van der Waals surface area (Å²) >= 11 is 3.33. The summed E-state index contributed by atoms with van der Waals surface area (Å²) < 4.78 is 24.1. The van der Waals surface area contributed by atoms with Gasteiger partial charge in [0.05, 0.1) is 27.5 Å². The van der Waals surface area contributed by atoms with Crippen molar-refractivity contribution < 1.29 is 8.42 Å². The number of anilines is 3. The molecule has 5 nitrogen and oxygen atoms in total. The Labute approximate surface area is 131 Å². The quantitative estimate of drug-likeness (QED) is 0.814. The first-order valence-corrected chi connectivity index (χ1v) is 8.56. The highest BCUT2D eigenvalue weighted by Crippen LogP contribution is 2.31. The van der Waals surface area contributed by atoms with E-state index in [-0.39, 0.29) is 10.6 Å². The maximum atomic E-state index is 11.7. The third-order valence-electron chi connectivity index (χ3n) is 2.84. The Balaban J connectivity index is 2.51. The number of nitrogens with two attached hydrogens (primary N) is 1. The summed E-state index contributed by atoms with van der Waals surface area (Å²) in [6, 6.07) is 11.9. The molecule has 0 aliphatic heterocycles. The lowest BCUT2D eigenvalue weighted by atomic mass is 10.2. The molecule has 7 heteroatoms. The van der Waals surface area contributed by atoms with Crippen LogP contribution in [0, 0.1) is 11.3 Å². The number of nitrogens with zero attached hydrogens (tertiary/aromatic N) is 1. The van der Waals surface area contributed by atoms with Crippen molar-refractivity contribution in [3.8, 4) is 6.07 Å². The molecule has 0 spiro atoms. The molecule has 2 rings (SSSR count). The summed E-state index contributed by atoms with van der Waals surface area (Å²) in [4.78, 5) is 0.0565. The van der Waals surface area contributed by atoms with Crippen molar-refractivity contribution in [2.75, 3.05) is 17.3 Å². The maximum Gasteiger partial charge on any atom is 0.177 e. The average Bonchev–Trinajstić information content (AvgIpc) is 2.40. The van der Waals surface area contributed by atoms with Gasteiger partial charge in [-0.05, 0) is 30.3 Å². The first kappa shape index (κ1) is 15.4. The number of rotatable bonds is 3. The lowest BCUT2D eigenvalue weighted by Crippen LogP contribution is -2.05. The summed E-state index contributed by atoms with van der Waals surface area (Å²) in [6.45, 7) is 0. The van der Waals surface area contributed by atoms with Gasteiger partial charge >= 0.3 is 0 Å². The fraction of sp³-hybridized carbons (Fsp3) is 0.0714. The molecule has 0 atom stereocenters. The van der Waals surface area contributed by atoms with E-state index >= 15 is 0 Å².